The molecule has 0 bridgehead atoms. The molecule has 0 spiro atoms. The van der Waals surface area contributed by atoms with Crippen molar-refractivity contribution in [3.05, 3.63) is 60.7 Å². The standard InChI is InChI=1S/C17H21N3/c1-3-20(4-2)17(18-15-11-7-5-8-12-15)19-16-13-9-6-10-14-16/h5-14H,3-4H2,1-2H3,(H,18,19)/p+1. The molecule has 2 rings (SSSR count). The maximum absolute atomic E-state index is 3.46. The van der Waals surface area contributed by atoms with Gasteiger partial charge in [-0.25, -0.2) is 10.6 Å². The topological polar surface area (TPSA) is 27.1 Å². The lowest BCUT2D eigenvalue weighted by Crippen LogP contribution is -2.34. The van der Waals surface area contributed by atoms with Crippen molar-refractivity contribution in [2.45, 2.75) is 13.8 Å². The van der Waals surface area contributed by atoms with Gasteiger partial charge in [-0.3, -0.25) is 4.58 Å². The van der Waals surface area contributed by atoms with Crippen molar-refractivity contribution in [1.82, 2.24) is 0 Å². The van der Waals surface area contributed by atoms with Crippen LogP contribution in [-0.2, 0) is 0 Å². The Balaban J connectivity index is 2.24. The first-order chi connectivity index (χ1) is 9.83. The summed E-state index contributed by atoms with van der Waals surface area (Å²) in [5.74, 6) is 1.01. The fourth-order valence-corrected chi connectivity index (χ4v) is 2.05. The van der Waals surface area contributed by atoms with Gasteiger partial charge in [0.2, 0.25) is 0 Å². The number of anilines is 2. The summed E-state index contributed by atoms with van der Waals surface area (Å²) in [6, 6.07) is 20.4. The molecule has 0 aliphatic rings. The molecule has 3 nitrogen and oxygen atoms in total. The van der Waals surface area contributed by atoms with Gasteiger partial charge >= 0.3 is 5.96 Å². The summed E-state index contributed by atoms with van der Waals surface area (Å²) in [5.41, 5.74) is 2.16. The molecular formula is C17H22N3+. The normalized spacial score (nSPS) is 9.90. The van der Waals surface area contributed by atoms with E-state index >= 15 is 0 Å². The molecule has 0 aromatic heterocycles. The number of rotatable bonds is 4. The minimum Gasteiger partial charge on any atom is -0.265 e. The summed E-state index contributed by atoms with van der Waals surface area (Å²) in [5, 5.41) is 6.92. The summed E-state index contributed by atoms with van der Waals surface area (Å²) in [7, 11) is 0. The smallest absolute Gasteiger partial charge is 0.265 e. The van der Waals surface area contributed by atoms with E-state index in [1.807, 2.05) is 36.4 Å². The molecule has 20 heavy (non-hydrogen) atoms. The van der Waals surface area contributed by atoms with Gasteiger partial charge in [-0.2, -0.15) is 0 Å². The Morgan fingerprint density at radius 3 is 1.50 bits per heavy atom. The SMILES string of the molecule is CC[N+](CC)=C(Nc1ccccc1)Nc1ccccc1. The second-order valence-corrected chi connectivity index (χ2v) is 4.50. The highest BCUT2D eigenvalue weighted by Gasteiger charge is 2.12. The van der Waals surface area contributed by atoms with Gasteiger partial charge in [-0.15, -0.1) is 0 Å². The molecule has 0 aliphatic heterocycles. The first-order valence-electron chi connectivity index (χ1n) is 7.09. The Morgan fingerprint density at radius 2 is 1.15 bits per heavy atom. The number of guanidine groups is 1. The number of nitrogens with zero attached hydrogens (tertiary/aromatic N) is 1. The zero-order valence-electron chi connectivity index (χ0n) is 12.1. The molecule has 0 amide bonds. The summed E-state index contributed by atoms with van der Waals surface area (Å²) in [6.07, 6.45) is 0. The number of para-hydroxylation sites is 2. The molecule has 104 valence electrons. The summed E-state index contributed by atoms with van der Waals surface area (Å²) in [6.45, 7) is 6.21. The number of hydrogen-bond donors (Lipinski definition) is 2. The summed E-state index contributed by atoms with van der Waals surface area (Å²) in [4.78, 5) is 0. The molecule has 0 saturated heterocycles. The molecule has 2 N–H and O–H groups in total. The van der Waals surface area contributed by atoms with E-state index < -0.39 is 0 Å². The third-order valence-corrected chi connectivity index (χ3v) is 3.15. The van der Waals surface area contributed by atoms with Crippen LogP contribution in [0.5, 0.6) is 0 Å². The van der Waals surface area contributed by atoms with E-state index in [2.05, 4.69) is 53.3 Å². The van der Waals surface area contributed by atoms with Crippen molar-refractivity contribution < 1.29 is 4.58 Å². The predicted molar refractivity (Wildman–Crippen MR) is 86.5 cm³/mol. The van der Waals surface area contributed by atoms with Crippen molar-refractivity contribution in [3.63, 3.8) is 0 Å². The lowest BCUT2D eigenvalue weighted by molar-refractivity contribution is -0.520. The molecular weight excluding hydrogens is 246 g/mol. The molecule has 2 aromatic carbocycles. The molecule has 0 saturated carbocycles. The summed E-state index contributed by atoms with van der Waals surface area (Å²) >= 11 is 0. The Kier molecular flexibility index (Phi) is 5.18. The van der Waals surface area contributed by atoms with Crippen LogP contribution in [0.15, 0.2) is 60.7 Å². The van der Waals surface area contributed by atoms with Crippen LogP contribution < -0.4 is 10.6 Å². The number of nitrogens with one attached hydrogen (secondary N) is 2. The third-order valence-electron chi connectivity index (χ3n) is 3.15. The average Bonchev–Trinajstić information content (AvgIpc) is 2.50. The van der Waals surface area contributed by atoms with Crippen LogP contribution in [0.4, 0.5) is 11.4 Å². The molecule has 0 atom stereocenters. The number of hydrogen-bond acceptors (Lipinski definition) is 0. The minimum absolute atomic E-state index is 0.950. The van der Waals surface area contributed by atoms with Gasteiger partial charge in [-0.1, -0.05) is 36.4 Å². The van der Waals surface area contributed by atoms with Crippen LogP contribution >= 0.6 is 0 Å². The molecule has 0 fully saturated rings. The minimum atomic E-state index is 0.950. The Bertz CT molecular complexity index is 497. The number of benzene rings is 2. The van der Waals surface area contributed by atoms with Crippen LogP contribution in [0.1, 0.15) is 13.8 Å². The van der Waals surface area contributed by atoms with E-state index in [4.69, 9.17) is 0 Å². The van der Waals surface area contributed by atoms with Crippen LogP contribution in [-0.4, -0.2) is 23.6 Å². The lowest BCUT2D eigenvalue weighted by atomic mass is 10.3. The first-order valence-corrected chi connectivity index (χ1v) is 7.09. The molecule has 3 heteroatoms. The van der Waals surface area contributed by atoms with Gasteiger partial charge in [0.25, 0.3) is 0 Å². The van der Waals surface area contributed by atoms with Crippen molar-refractivity contribution in [3.8, 4) is 0 Å². The average molecular weight is 268 g/mol. The van der Waals surface area contributed by atoms with Crippen LogP contribution in [0.25, 0.3) is 0 Å². The first kappa shape index (κ1) is 14.1. The van der Waals surface area contributed by atoms with Crippen LogP contribution in [0, 0.1) is 0 Å². The van der Waals surface area contributed by atoms with Crippen molar-refractivity contribution in [2.75, 3.05) is 23.7 Å². The third kappa shape index (κ3) is 3.85. The van der Waals surface area contributed by atoms with Gasteiger partial charge < -0.3 is 0 Å². The second-order valence-electron chi connectivity index (χ2n) is 4.50. The van der Waals surface area contributed by atoms with Crippen LogP contribution in [0.2, 0.25) is 0 Å². The van der Waals surface area contributed by atoms with Gasteiger partial charge in [0.15, 0.2) is 0 Å². The zero-order chi connectivity index (χ0) is 14.2. The maximum atomic E-state index is 3.46. The summed E-state index contributed by atoms with van der Waals surface area (Å²) < 4.78 is 2.26. The van der Waals surface area contributed by atoms with Crippen molar-refractivity contribution >= 4 is 17.3 Å². The monoisotopic (exact) mass is 268 g/mol. The largest absolute Gasteiger partial charge is 0.355 e. The molecule has 2 aromatic rings. The van der Waals surface area contributed by atoms with E-state index in [-0.39, 0.29) is 0 Å². The van der Waals surface area contributed by atoms with E-state index in [1.54, 1.807) is 0 Å². The Labute approximate surface area is 121 Å². The molecule has 0 aliphatic carbocycles. The van der Waals surface area contributed by atoms with Gasteiger partial charge in [-0.05, 0) is 38.1 Å². The van der Waals surface area contributed by atoms with E-state index in [0.29, 0.717) is 0 Å². The molecule has 0 unspecified atom stereocenters. The zero-order valence-corrected chi connectivity index (χ0v) is 12.1. The van der Waals surface area contributed by atoms with E-state index in [0.717, 1.165) is 30.4 Å². The van der Waals surface area contributed by atoms with Crippen molar-refractivity contribution in [2.24, 2.45) is 0 Å². The van der Waals surface area contributed by atoms with E-state index in [1.165, 1.54) is 0 Å². The highest BCUT2D eigenvalue weighted by molar-refractivity contribution is 6.00. The van der Waals surface area contributed by atoms with Gasteiger partial charge in [0.05, 0.1) is 24.5 Å². The maximum Gasteiger partial charge on any atom is 0.355 e. The lowest BCUT2D eigenvalue weighted by Gasteiger charge is -2.12. The van der Waals surface area contributed by atoms with Gasteiger partial charge in [0, 0.05) is 0 Å². The Hall–Kier alpha value is -2.29. The highest BCUT2D eigenvalue weighted by atomic mass is 15.2. The molecule has 0 heterocycles. The Morgan fingerprint density at radius 1 is 0.750 bits per heavy atom. The fraction of sp³-hybridized carbons (Fsp3) is 0.235. The predicted octanol–water partition coefficient (Wildman–Crippen LogP) is 3.62. The second kappa shape index (κ2) is 7.34. The van der Waals surface area contributed by atoms with Crippen LogP contribution in [0.3, 0.4) is 0 Å². The fourth-order valence-electron chi connectivity index (χ4n) is 2.05. The highest BCUT2D eigenvalue weighted by Crippen LogP contribution is 2.09. The van der Waals surface area contributed by atoms with Crippen molar-refractivity contribution in [1.29, 1.82) is 0 Å². The quantitative estimate of drug-likeness (QED) is 0.503. The van der Waals surface area contributed by atoms with Gasteiger partial charge in [0.1, 0.15) is 0 Å². The molecule has 0 radical (unpaired) electrons. The van der Waals surface area contributed by atoms with E-state index in [9.17, 15) is 0 Å².